The predicted molar refractivity (Wildman–Crippen MR) is 93.9 cm³/mol. The minimum atomic E-state index is -0.571. The van der Waals surface area contributed by atoms with Crippen molar-refractivity contribution in [1.29, 1.82) is 0 Å². The molecule has 0 radical (unpaired) electrons. The quantitative estimate of drug-likeness (QED) is 0.847. The molecule has 0 saturated heterocycles. The van der Waals surface area contributed by atoms with Gasteiger partial charge in [0.05, 0.1) is 11.8 Å². The summed E-state index contributed by atoms with van der Waals surface area (Å²) in [5.74, 6) is 0. The Morgan fingerprint density at radius 1 is 1.32 bits per heavy atom. The van der Waals surface area contributed by atoms with E-state index in [1.165, 1.54) is 4.88 Å². The molecule has 1 heterocycles. The highest BCUT2D eigenvalue weighted by Gasteiger charge is 2.17. The number of aliphatic hydroxyl groups is 1. The second kappa shape index (κ2) is 7.42. The van der Waals surface area contributed by atoms with E-state index in [4.69, 9.17) is 11.6 Å². The molecule has 22 heavy (non-hydrogen) atoms. The highest BCUT2D eigenvalue weighted by atomic mass is 35.5. The number of rotatable bonds is 6. The van der Waals surface area contributed by atoms with Gasteiger partial charge in [0.15, 0.2) is 5.13 Å². The maximum atomic E-state index is 10.4. The Hall–Kier alpha value is -1.14. The Bertz CT molecular complexity index is 612. The summed E-state index contributed by atoms with van der Waals surface area (Å²) in [4.78, 5) is 7.73. The first kappa shape index (κ1) is 17.2. The third-order valence-electron chi connectivity index (χ3n) is 3.53. The maximum Gasteiger partial charge on any atom is 0.185 e. The first-order valence-corrected chi connectivity index (χ1v) is 8.38. The average molecular weight is 340 g/mol. The third kappa shape index (κ3) is 4.20. The standard InChI is InChI=1S/C16H22ClN3OS/c1-10-14(22-16(19-10)20(3)4)9-18-11(2)15(21)12-5-7-13(17)8-6-12/h5-8,11,15,18,21H,9H2,1-4H3. The lowest BCUT2D eigenvalue weighted by molar-refractivity contribution is 0.135. The molecule has 2 atom stereocenters. The molecule has 0 aliphatic heterocycles. The zero-order valence-corrected chi connectivity index (χ0v) is 14.9. The Morgan fingerprint density at radius 2 is 1.95 bits per heavy atom. The van der Waals surface area contributed by atoms with Gasteiger partial charge in [0.25, 0.3) is 0 Å². The van der Waals surface area contributed by atoms with E-state index in [0.717, 1.165) is 16.4 Å². The molecule has 120 valence electrons. The van der Waals surface area contributed by atoms with E-state index in [1.807, 2.05) is 45.0 Å². The van der Waals surface area contributed by atoms with E-state index in [2.05, 4.69) is 10.3 Å². The van der Waals surface area contributed by atoms with Crippen molar-refractivity contribution in [2.75, 3.05) is 19.0 Å². The molecule has 1 aromatic heterocycles. The maximum absolute atomic E-state index is 10.4. The second-order valence-corrected chi connectivity index (χ2v) is 7.06. The van der Waals surface area contributed by atoms with Gasteiger partial charge < -0.3 is 15.3 Å². The first-order valence-electron chi connectivity index (χ1n) is 7.19. The molecule has 0 aliphatic carbocycles. The Labute approximate surface area is 140 Å². The molecule has 0 aliphatic rings. The van der Waals surface area contributed by atoms with Crippen LogP contribution in [0.3, 0.4) is 0 Å². The SMILES string of the molecule is Cc1nc(N(C)C)sc1CNC(C)C(O)c1ccc(Cl)cc1. The number of benzene rings is 1. The third-order valence-corrected chi connectivity index (χ3v) is 5.11. The van der Waals surface area contributed by atoms with Crippen molar-refractivity contribution in [3.05, 3.63) is 45.4 Å². The minimum absolute atomic E-state index is 0.0644. The van der Waals surface area contributed by atoms with E-state index < -0.39 is 6.10 Å². The minimum Gasteiger partial charge on any atom is -0.387 e. The average Bonchev–Trinajstić information content (AvgIpc) is 2.86. The summed E-state index contributed by atoms with van der Waals surface area (Å²) in [7, 11) is 3.98. The Morgan fingerprint density at radius 3 is 2.50 bits per heavy atom. The molecule has 0 bridgehead atoms. The normalized spacial score (nSPS) is 13.9. The zero-order valence-electron chi connectivity index (χ0n) is 13.3. The fraction of sp³-hybridized carbons (Fsp3) is 0.438. The number of hydrogen-bond donors (Lipinski definition) is 2. The summed E-state index contributed by atoms with van der Waals surface area (Å²) in [6.07, 6.45) is -0.571. The molecular weight excluding hydrogens is 318 g/mol. The Balaban J connectivity index is 1.97. The van der Waals surface area contributed by atoms with Crippen molar-refractivity contribution >= 4 is 28.1 Å². The fourth-order valence-electron chi connectivity index (χ4n) is 2.08. The number of nitrogens with zero attached hydrogens (tertiary/aromatic N) is 2. The number of halogens is 1. The summed E-state index contributed by atoms with van der Waals surface area (Å²) in [6.45, 7) is 4.69. The van der Waals surface area contributed by atoms with Gasteiger partial charge >= 0.3 is 0 Å². The van der Waals surface area contributed by atoms with Gasteiger partial charge in [0.2, 0.25) is 0 Å². The molecule has 1 aromatic carbocycles. The summed E-state index contributed by atoms with van der Waals surface area (Å²) >= 11 is 7.55. The van der Waals surface area contributed by atoms with E-state index in [1.54, 1.807) is 23.5 Å². The van der Waals surface area contributed by atoms with Gasteiger partial charge in [-0.15, -0.1) is 11.3 Å². The van der Waals surface area contributed by atoms with Crippen LogP contribution < -0.4 is 10.2 Å². The number of aliphatic hydroxyl groups excluding tert-OH is 1. The lowest BCUT2D eigenvalue weighted by Crippen LogP contribution is -2.31. The monoisotopic (exact) mass is 339 g/mol. The highest BCUT2D eigenvalue weighted by molar-refractivity contribution is 7.15. The zero-order chi connectivity index (χ0) is 16.3. The van der Waals surface area contributed by atoms with Crippen molar-refractivity contribution in [2.45, 2.75) is 32.5 Å². The lowest BCUT2D eigenvalue weighted by atomic mass is 10.0. The molecule has 2 N–H and O–H groups in total. The number of aryl methyl sites for hydroxylation is 1. The van der Waals surface area contributed by atoms with E-state index in [-0.39, 0.29) is 6.04 Å². The van der Waals surface area contributed by atoms with Gasteiger partial charge in [-0.2, -0.15) is 0 Å². The van der Waals surface area contributed by atoms with E-state index in [0.29, 0.717) is 11.6 Å². The summed E-state index contributed by atoms with van der Waals surface area (Å²) in [6, 6.07) is 7.23. The Kier molecular flexibility index (Phi) is 5.81. The molecule has 4 nitrogen and oxygen atoms in total. The fourth-order valence-corrected chi connectivity index (χ4v) is 3.14. The van der Waals surface area contributed by atoms with Gasteiger partial charge in [0, 0.05) is 36.6 Å². The van der Waals surface area contributed by atoms with Crippen LogP contribution in [-0.2, 0) is 6.54 Å². The summed E-state index contributed by atoms with van der Waals surface area (Å²) < 4.78 is 0. The first-order chi connectivity index (χ1) is 10.4. The molecule has 0 saturated carbocycles. The highest BCUT2D eigenvalue weighted by Crippen LogP contribution is 2.25. The molecule has 6 heteroatoms. The van der Waals surface area contributed by atoms with Crippen LogP contribution in [0.2, 0.25) is 5.02 Å². The van der Waals surface area contributed by atoms with Crippen LogP contribution in [0.1, 0.15) is 29.2 Å². The molecule has 2 unspecified atom stereocenters. The number of nitrogens with one attached hydrogen (secondary N) is 1. The van der Waals surface area contributed by atoms with Crippen LogP contribution in [-0.4, -0.2) is 30.2 Å². The number of thiazole rings is 1. The van der Waals surface area contributed by atoms with Crippen molar-refractivity contribution in [2.24, 2.45) is 0 Å². The molecule has 2 aromatic rings. The van der Waals surface area contributed by atoms with Crippen LogP contribution in [0.25, 0.3) is 0 Å². The predicted octanol–water partition coefficient (Wildman–Crippen LogP) is 3.38. The van der Waals surface area contributed by atoms with Crippen LogP contribution in [0.5, 0.6) is 0 Å². The van der Waals surface area contributed by atoms with E-state index in [9.17, 15) is 5.11 Å². The van der Waals surface area contributed by atoms with E-state index >= 15 is 0 Å². The van der Waals surface area contributed by atoms with Crippen molar-refractivity contribution in [1.82, 2.24) is 10.3 Å². The van der Waals surface area contributed by atoms with Crippen LogP contribution in [0.15, 0.2) is 24.3 Å². The van der Waals surface area contributed by atoms with Gasteiger partial charge in [-0.25, -0.2) is 4.98 Å². The number of anilines is 1. The van der Waals surface area contributed by atoms with Crippen molar-refractivity contribution < 1.29 is 5.11 Å². The molecule has 0 fully saturated rings. The number of hydrogen-bond acceptors (Lipinski definition) is 5. The molecule has 0 amide bonds. The molecule has 0 spiro atoms. The second-order valence-electron chi connectivity index (χ2n) is 5.57. The summed E-state index contributed by atoms with van der Waals surface area (Å²) in [5, 5.41) is 15.4. The van der Waals surface area contributed by atoms with Gasteiger partial charge in [0.1, 0.15) is 0 Å². The van der Waals surface area contributed by atoms with Crippen LogP contribution in [0.4, 0.5) is 5.13 Å². The number of aromatic nitrogens is 1. The molecule has 2 rings (SSSR count). The summed E-state index contributed by atoms with van der Waals surface area (Å²) in [5.41, 5.74) is 1.90. The smallest absolute Gasteiger partial charge is 0.185 e. The van der Waals surface area contributed by atoms with Gasteiger partial charge in [-0.1, -0.05) is 23.7 Å². The van der Waals surface area contributed by atoms with Gasteiger partial charge in [-0.3, -0.25) is 0 Å². The lowest BCUT2D eigenvalue weighted by Gasteiger charge is -2.20. The molecular formula is C16H22ClN3OS. The topological polar surface area (TPSA) is 48.4 Å². The van der Waals surface area contributed by atoms with Gasteiger partial charge in [-0.05, 0) is 31.5 Å². The largest absolute Gasteiger partial charge is 0.387 e. The van der Waals surface area contributed by atoms with Crippen LogP contribution in [0, 0.1) is 6.92 Å². The van der Waals surface area contributed by atoms with Crippen molar-refractivity contribution in [3.63, 3.8) is 0 Å². The van der Waals surface area contributed by atoms with Crippen LogP contribution >= 0.6 is 22.9 Å². The van der Waals surface area contributed by atoms with Crippen molar-refractivity contribution in [3.8, 4) is 0 Å².